The van der Waals surface area contributed by atoms with Crippen molar-refractivity contribution in [3.63, 3.8) is 0 Å². The van der Waals surface area contributed by atoms with Gasteiger partial charge in [-0.05, 0) is 24.3 Å². The van der Waals surface area contributed by atoms with Gasteiger partial charge in [-0.15, -0.1) is 0 Å². The summed E-state index contributed by atoms with van der Waals surface area (Å²) >= 11 is 0. The van der Waals surface area contributed by atoms with Gasteiger partial charge in [0.2, 0.25) is 0 Å². The minimum Gasteiger partial charge on any atom is -0.497 e. The first-order valence-corrected chi connectivity index (χ1v) is 6.03. The van der Waals surface area contributed by atoms with Gasteiger partial charge in [0.05, 0.1) is 19.3 Å². The van der Waals surface area contributed by atoms with Crippen LogP contribution in [0.15, 0.2) is 24.3 Å². The minimum absolute atomic E-state index is 0.223. The van der Waals surface area contributed by atoms with Gasteiger partial charge in [0.15, 0.2) is 12.4 Å². The molecule has 7 nitrogen and oxygen atoms in total. The molecule has 1 aromatic rings. The van der Waals surface area contributed by atoms with Gasteiger partial charge in [0.25, 0.3) is 0 Å². The zero-order chi connectivity index (χ0) is 14.7. The number of esters is 1. The second kappa shape index (κ2) is 6.19. The third kappa shape index (κ3) is 3.07. The Labute approximate surface area is 115 Å². The lowest BCUT2D eigenvalue weighted by Gasteiger charge is -2.34. The van der Waals surface area contributed by atoms with Crippen LogP contribution in [0, 0.1) is 0 Å². The smallest absolute Gasteiger partial charge is 0.338 e. The fraction of sp³-hybridized carbons (Fsp3) is 0.462. The van der Waals surface area contributed by atoms with Crippen molar-refractivity contribution < 1.29 is 34.3 Å². The Bertz CT molecular complexity index is 458. The molecule has 3 N–H and O–H groups in total. The summed E-state index contributed by atoms with van der Waals surface area (Å²) in [7, 11) is 1.50. The van der Waals surface area contributed by atoms with Gasteiger partial charge in [-0.1, -0.05) is 0 Å². The second-order valence-electron chi connectivity index (χ2n) is 4.38. The Kier molecular flexibility index (Phi) is 4.56. The topological polar surface area (TPSA) is 105 Å². The van der Waals surface area contributed by atoms with Crippen LogP contribution < -0.4 is 4.74 Å². The van der Waals surface area contributed by atoms with E-state index in [1.807, 2.05) is 0 Å². The van der Waals surface area contributed by atoms with Crippen molar-refractivity contribution >= 4 is 5.97 Å². The number of methoxy groups -OCH3 is 1. The van der Waals surface area contributed by atoms with E-state index < -0.39 is 30.6 Å². The van der Waals surface area contributed by atoms with Crippen molar-refractivity contribution in [1.82, 2.24) is 0 Å². The molecule has 7 heteroatoms. The van der Waals surface area contributed by atoms with Crippen molar-refractivity contribution in [2.24, 2.45) is 0 Å². The van der Waals surface area contributed by atoms with Gasteiger partial charge < -0.3 is 29.5 Å². The predicted molar refractivity (Wildman–Crippen MR) is 66.2 cm³/mol. The lowest BCUT2D eigenvalue weighted by Crippen LogP contribution is -2.54. The molecule has 0 amide bonds. The molecule has 1 aliphatic rings. The van der Waals surface area contributed by atoms with E-state index >= 15 is 0 Å². The molecule has 4 atom stereocenters. The first-order valence-electron chi connectivity index (χ1n) is 6.03. The van der Waals surface area contributed by atoms with Gasteiger partial charge >= 0.3 is 5.97 Å². The molecule has 0 bridgehead atoms. The fourth-order valence-electron chi connectivity index (χ4n) is 1.82. The molecule has 0 aliphatic carbocycles. The molecule has 0 saturated carbocycles. The maximum absolute atomic E-state index is 11.9. The fourth-order valence-corrected chi connectivity index (χ4v) is 1.82. The summed E-state index contributed by atoms with van der Waals surface area (Å²) in [6.45, 7) is -0.223. The number of aliphatic hydroxyl groups excluding tert-OH is 3. The summed E-state index contributed by atoms with van der Waals surface area (Å²) < 4.78 is 14.7. The SMILES string of the molecule is COc1ccc(C(=O)OC2C(O)OCC(O)C2O)cc1. The van der Waals surface area contributed by atoms with Crippen LogP contribution in [-0.2, 0) is 9.47 Å². The van der Waals surface area contributed by atoms with Crippen LogP contribution in [0.5, 0.6) is 5.75 Å². The highest BCUT2D eigenvalue weighted by molar-refractivity contribution is 5.89. The van der Waals surface area contributed by atoms with Crippen molar-refractivity contribution in [3.8, 4) is 5.75 Å². The molecule has 1 aromatic carbocycles. The molecule has 0 spiro atoms. The van der Waals surface area contributed by atoms with Gasteiger partial charge in [-0.25, -0.2) is 4.79 Å². The van der Waals surface area contributed by atoms with Crippen molar-refractivity contribution in [1.29, 1.82) is 0 Å². The number of hydrogen-bond donors (Lipinski definition) is 3. The van der Waals surface area contributed by atoms with Gasteiger partial charge in [-0.2, -0.15) is 0 Å². The molecule has 4 unspecified atom stereocenters. The van der Waals surface area contributed by atoms with E-state index in [0.717, 1.165) is 0 Å². The number of carbonyl (C=O) groups is 1. The average Bonchev–Trinajstić information content (AvgIpc) is 2.47. The van der Waals surface area contributed by atoms with Crippen LogP contribution in [0.4, 0.5) is 0 Å². The van der Waals surface area contributed by atoms with E-state index in [1.165, 1.54) is 19.2 Å². The highest BCUT2D eigenvalue weighted by Crippen LogP contribution is 2.19. The maximum Gasteiger partial charge on any atom is 0.338 e. The summed E-state index contributed by atoms with van der Waals surface area (Å²) in [5, 5.41) is 28.7. The van der Waals surface area contributed by atoms with Crippen LogP contribution in [0.1, 0.15) is 10.4 Å². The Balaban J connectivity index is 2.05. The quantitative estimate of drug-likeness (QED) is 0.630. The lowest BCUT2D eigenvalue weighted by atomic mass is 10.1. The molecule has 1 heterocycles. The third-order valence-corrected chi connectivity index (χ3v) is 3.02. The highest BCUT2D eigenvalue weighted by Gasteiger charge is 2.40. The molecule has 110 valence electrons. The summed E-state index contributed by atoms with van der Waals surface area (Å²) in [6, 6.07) is 6.13. The molecule has 0 aromatic heterocycles. The average molecular weight is 284 g/mol. The Hall–Kier alpha value is -1.67. The molecule has 20 heavy (non-hydrogen) atoms. The van der Waals surface area contributed by atoms with E-state index in [4.69, 9.17) is 14.2 Å². The Morgan fingerprint density at radius 3 is 2.50 bits per heavy atom. The van der Waals surface area contributed by atoms with Crippen molar-refractivity contribution in [3.05, 3.63) is 29.8 Å². The highest BCUT2D eigenvalue weighted by atomic mass is 16.7. The standard InChI is InChI=1S/C13H16O7/c1-18-8-4-2-7(3-5-8)12(16)20-11-10(15)9(14)6-19-13(11)17/h2-5,9-11,13-15,17H,6H2,1H3. The summed E-state index contributed by atoms with van der Waals surface area (Å²) in [5.74, 6) is -0.161. The number of rotatable bonds is 3. The molecule has 1 saturated heterocycles. The second-order valence-corrected chi connectivity index (χ2v) is 4.38. The molecule has 0 radical (unpaired) electrons. The zero-order valence-corrected chi connectivity index (χ0v) is 10.8. The largest absolute Gasteiger partial charge is 0.497 e. The monoisotopic (exact) mass is 284 g/mol. The van der Waals surface area contributed by atoms with Crippen LogP contribution in [0.2, 0.25) is 0 Å². The van der Waals surface area contributed by atoms with E-state index in [0.29, 0.717) is 5.75 Å². The Morgan fingerprint density at radius 2 is 1.90 bits per heavy atom. The molecule has 1 aliphatic heterocycles. The lowest BCUT2D eigenvalue weighted by molar-refractivity contribution is -0.251. The molecule has 2 rings (SSSR count). The van der Waals surface area contributed by atoms with E-state index in [2.05, 4.69) is 0 Å². The van der Waals surface area contributed by atoms with E-state index in [-0.39, 0.29) is 12.2 Å². The summed E-state index contributed by atoms with van der Waals surface area (Å²) in [4.78, 5) is 11.9. The van der Waals surface area contributed by atoms with Crippen molar-refractivity contribution in [2.45, 2.75) is 24.6 Å². The van der Waals surface area contributed by atoms with Gasteiger partial charge in [0.1, 0.15) is 18.0 Å². The van der Waals surface area contributed by atoms with E-state index in [9.17, 15) is 20.1 Å². The zero-order valence-electron chi connectivity index (χ0n) is 10.8. The number of aliphatic hydroxyl groups is 3. The summed E-state index contributed by atoms with van der Waals surface area (Å²) in [6.07, 6.45) is -5.43. The minimum atomic E-state index is -1.48. The first kappa shape index (κ1) is 14.7. The number of hydrogen-bond acceptors (Lipinski definition) is 7. The molecule has 1 fully saturated rings. The van der Waals surface area contributed by atoms with Crippen molar-refractivity contribution in [2.75, 3.05) is 13.7 Å². The molecular weight excluding hydrogens is 268 g/mol. The summed E-state index contributed by atoms with van der Waals surface area (Å²) in [5.41, 5.74) is 0.227. The van der Waals surface area contributed by atoms with Gasteiger partial charge in [-0.3, -0.25) is 0 Å². The van der Waals surface area contributed by atoms with Crippen LogP contribution in [0.25, 0.3) is 0 Å². The number of carbonyl (C=O) groups excluding carboxylic acids is 1. The van der Waals surface area contributed by atoms with E-state index in [1.54, 1.807) is 12.1 Å². The van der Waals surface area contributed by atoms with Crippen LogP contribution in [0.3, 0.4) is 0 Å². The third-order valence-electron chi connectivity index (χ3n) is 3.02. The number of ether oxygens (including phenoxy) is 3. The van der Waals surface area contributed by atoms with Crippen LogP contribution >= 0.6 is 0 Å². The molecular formula is C13H16O7. The Morgan fingerprint density at radius 1 is 1.25 bits per heavy atom. The number of benzene rings is 1. The first-order chi connectivity index (χ1) is 9.52. The normalized spacial score (nSPS) is 29.8. The predicted octanol–water partition coefficient (Wildman–Crippen LogP) is -0.709. The maximum atomic E-state index is 11.9. The van der Waals surface area contributed by atoms with Crippen LogP contribution in [-0.4, -0.2) is 59.6 Å². The van der Waals surface area contributed by atoms with Gasteiger partial charge in [0, 0.05) is 0 Å².